The minimum absolute atomic E-state index is 0.385. The molecule has 0 amide bonds. The van der Waals surface area contributed by atoms with Crippen molar-refractivity contribution in [3.05, 3.63) is 72.3 Å². The van der Waals surface area contributed by atoms with Crippen molar-refractivity contribution in [2.45, 2.75) is 0 Å². The van der Waals surface area contributed by atoms with Gasteiger partial charge in [-0.25, -0.2) is 4.79 Å². The lowest BCUT2D eigenvalue weighted by Gasteiger charge is -1.99. The third-order valence-electron chi connectivity index (χ3n) is 2.12. The van der Waals surface area contributed by atoms with Crippen molar-refractivity contribution < 1.29 is 9.53 Å². The molecular formula is C15H11O2. The second-order valence-corrected chi connectivity index (χ2v) is 3.40. The van der Waals surface area contributed by atoms with Gasteiger partial charge in [0.2, 0.25) is 0 Å². The molecule has 0 aromatic heterocycles. The van der Waals surface area contributed by atoms with Gasteiger partial charge < -0.3 is 4.74 Å². The molecule has 2 nitrogen and oxygen atoms in total. The van der Waals surface area contributed by atoms with Crippen molar-refractivity contribution in [2.24, 2.45) is 0 Å². The maximum absolute atomic E-state index is 11.5. The maximum Gasteiger partial charge on any atom is 0.336 e. The van der Waals surface area contributed by atoms with Crippen molar-refractivity contribution in [3.63, 3.8) is 0 Å². The Kier molecular flexibility index (Phi) is 3.71. The molecule has 17 heavy (non-hydrogen) atoms. The summed E-state index contributed by atoms with van der Waals surface area (Å²) in [6.07, 6.45) is 3.11. The summed E-state index contributed by atoms with van der Waals surface area (Å²) < 4.78 is 5.10. The van der Waals surface area contributed by atoms with Crippen LogP contribution in [-0.2, 0) is 4.79 Å². The number of esters is 1. The first kappa shape index (κ1) is 11.1. The lowest BCUT2D eigenvalue weighted by Crippen LogP contribution is -2.03. The zero-order chi connectivity index (χ0) is 11.9. The van der Waals surface area contributed by atoms with Crippen LogP contribution in [0, 0.1) is 6.07 Å². The third kappa shape index (κ3) is 3.61. The van der Waals surface area contributed by atoms with Crippen LogP contribution >= 0.6 is 0 Å². The first-order valence-corrected chi connectivity index (χ1v) is 5.26. The highest BCUT2D eigenvalue weighted by molar-refractivity contribution is 5.88. The van der Waals surface area contributed by atoms with Crippen LogP contribution in [0.3, 0.4) is 0 Å². The molecule has 2 rings (SSSR count). The van der Waals surface area contributed by atoms with E-state index in [1.165, 1.54) is 6.08 Å². The fraction of sp³-hybridized carbons (Fsp3) is 0. The largest absolute Gasteiger partial charge is 0.423 e. The van der Waals surface area contributed by atoms with Crippen molar-refractivity contribution in [3.8, 4) is 5.75 Å². The van der Waals surface area contributed by atoms with Crippen molar-refractivity contribution in [1.82, 2.24) is 0 Å². The summed E-state index contributed by atoms with van der Waals surface area (Å²) in [6, 6.07) is 19.2. The fourth-order valence-electron chi connectivity index (χ4n) is 1.31. The van der Waals surface area contributed by atoms with Crippen LogP contribution < -0.4 is 4.74 Å². The van der Waals surface area contributed by atoms with Crippen LogP contribution in [-0.4, -0.2) is 5.97 Å². The maximum atomic E-state index is 11.5. The Labute approximate surface area is 100 Å². The first-order chi connectivity index (χ1) is 8.34. The van der Waals surface area contributed by atoms with E-state index in [2.05, 4.69) is 6.07 Å². The van der Waals surface area contributed by atoms with E-state index in [1.54, 1.807) is 30.3 Å². The number of hydrogen-bond donors (Lipinski definition) is 0. The van der Waals surface area contributed by atoms with Crippen molar-refractivity contribution in [1.29, 1.82) is 0 Å². The highest BCUT2D eigenvalue weighted by Crippen LogP contribution is 2.09. The van der Waals surface area contributed by atoms with E-state index in [-0.39, 0.29) is 5.97 Å². The Morgan fingerprint density at radius 3 is 2.47 bits per heavy atom. The molecule has 1 radical (unpaired) electrons. The Balaban J connectivity index is 1.96. The smallest absolute Gasteiger partial charge is 0.336 e. The minimum Gasteiger partial charge on any atom is -0.423 e. The Bertz CT molecular complexity index is 501. The summed E-state index contributed by atoms with van der Waals surface area (Å²) in [5.74, 6) is 0.160. The van der Waals surface area contributed by atoms with Gasteiger partial charge in [0.05, 0.1) is 0 Å². The first-order valence-electron chi connectivity index (χ1n) is 5.26. The second-order valence-electron chi connectivity index (χ2n) is 3.40. The number of para-hydroxylation sites is 1. The minimum atomic E-state index is -0.385. The fourth-order valence-corrected chi connectivity index (χ4v) is 1.31. The van der Waals surface area contributed by atoms with Gasteiger partial charge in [-0.1, -0.05) is 42.5 Å². The van der Waals surface area contributed by atoms with Gasteiger partial charge in [-0.2, -0.15) is 0 Å². The van der Waals surface area contributed by atoms with Gasteiger partial charge in [-0.15, -0.1) is 0 Å². The third-order valence-corrected chi connectivity index (χ3v) is 2.12. The summed E-state index contributed by atoms with van der Waals surface area (Å²) in [7, 11) is 0. The lowest BCUT2D eigenvalue weighted by molar-refractivity contribution is -0.128. The Morgan fingerprint density at radius 2 is 1.76 bits per heavy atom. The predicted octanol–water partition coefficient (Wildman–Crippen LogP) is 3.11. The van der Waals surface area contributed by atoms with Crippen LogP contribution in [0.4, 0.5) is 0 Å². The van der Waals surface area contributed by atoms with Crippen LogP contribution in [0.2, 0.25) is 0 Å². The van der Waals surface area contributed by atoms with E-state index in [4.69, 9.17) is 4.74 Å². The molecule has 2 heteroatoms. The molecule has 0 saturated carbocycles. The molecule has 83 valence electrons. The lowest BCUT2D eigenvalue weighted by atomic mass is 10.2. The molecule has 0 saturated heterocycles. The van der Waals surface area contributed by atoms with Gasteiger partial charge in [0, 0.05) is 6.08 Å². The second kappa shape index (κ2) is 5.66. The van der Waals surface area contributed by atoms with Crippen molar-refractivity contribution >= 4 is 12.0 Å². The van der Waals surface area contributed by atoms with Gasteiger partial charge in [0.1, 0.15) is 5.75 Å². The monoisotopic (exact) mass is 223 g/mol. The topological polar surface area (TPSA) is 26.3 Å². The molecular weight excluding hydrogens is 212 g/mol. The van der Waals surface area contributed by atoms with Gasteiger partial charge in [-0.05, 0) is 29.8 Å². The van der Waals surface area contributed by atoms with E-state index in [1.807, 2.05) is 30.3 Å². The molecule has 0 fully saturated rings. The number of rotatable bonds is 3. The van der Waals surface area contributed by atoms with E-state index in [9.17, 15) is 4.79 Å². The average Bonchev–Trinajstić information content (AvgIpc) is 2.39. The van der Waals surface area contributed by atoms with E-state index in [0.717, 1.165) is 5.56 Å². The normalized spacial score (nSPS) is 10.4. The zero-order valence-corrected chi connectivity index (χ0v) is 9.17. The number of benzene rings is 2. The highest BCUT2D eigenvalue weighted by atomic mass is 16.5. The number of carbonyl (C=O) groups is 1. The predicted molar refractivity (Wildman–Crippen MR) is 66.4 cm³/mol. The molecule has 0 aliphatic rings. The molecule has 0 spiro atoms. The van der Waals surface area contributed by atoms with E-state index in [0.29, 0.717) is 5.75 Å². The summed E-state index contributed by atoms with van der Waals surface area (Å²) in [5.41, 5.74) is 0.939. The van der Waals surface area contributed by atoms with E-state index >= 15 is 0 Å². The molecule has 0 aliphatic heterocycles. The summed E-state index contributed by atoms with van der Waals surface area (Å²) >= 11 is 0. The van der Waals surface area contributed by atoms with Gasteiger partial charge in [0.15, 0.2) is 0 Å². The van der Waals surface area contributed by atoms with Gasteiger partial charge in [-0.3, -0.25) is 0 Å². The van der Waals surface area contributed by atoms with Gasteiger partial charge >= 0.3 is 5.97 Å². The van der Waals surface area contributed by atoms with Crippen molar-refractivity contribution in [2.75, 3.05) is 0 Å². The van der Waals surface area contributed by atoms with E-state index < -0.39 is 0 Å². The summed E-state index contributed by atoms with van der Waals surface area (Å²) in [5, 5.41) is 0. The molecule has 0 N–H and O–H groups in total. The molecule has 0 unspecified atom stereocenters. The number of ether oxygens (including phenoxy) is 1. The SMILES string of the molecule is O=C(C=Cc1cc[c]cc1)Oc1ccccc1. The number of carbonyl (C=O) groups excluding carboxylic acids is 1. The summed E-state index contributed by atoms with van der Waals surface area (Å²) in [4.78, 5) is 11.5. The van der Waals surface area contributed by atoms with Crippen LogP contribution in [0.1, 0.15) is 5.56 Å². The quantitative estimate of drug-likeness (QED) is 0.454. The molecule has 2 aromatic carbocycles. The molecule has 0 heterocycles. The standard InChI is InChI=1S/C15H11O2/c16-15(17-14-9-5-2-6-10-14)12-11-13-7-3-1-4-8-13/h2-12H. The van der Waals surface area contributed by atoms with Crippen LogP contribution in [0.25, 0.3) is 6.08 Å². The van der Waals surface area contributed by atoms with Gasteiger partial charge in [0.25, 0.3) is 0 Å². The Morgan fingerprint density at radius 1 is 1.06 bits per heavy atom. The average molecular weight is 223 g/mol. The van der Waals surface area contributed by atoms with Crippen LogP contribution in [0.5, 0.6) is 5.75 Å². The Hall–Kier alpha value is -2.35. The highest BCUT2D eigenvalue weighted by Gasteiger charge is 1.98. The number of hydrogen-bond acceptors (Lipinski definition) is 2. The van der Waals surface area contributed by atoms with Crippen LogP contribution in [0.15, 0.2) is 60.7 Å². The molecule has 2 aromatic rings. The molecule has 0 bridgehead atoms. The summed E-state index contributed by atoms with van der Waals surface area (Å²) in [6.45, 7) is 0. The molecule has 0 atom stereocenters. The zero-order valence-electron chi connectivity index (χ0n) is 9.17. The molecule has 0 aliphatic carbocycles.